The number of nitrogens with one attached hydrogen (secondary N) is 1. The number of nitriles is 1. The third-order valence-electron chi connectivity index (χ3n) is 4.15. The van der Waals surface area contributed by atoms with Crippen LogP contribution in [-0.2, 0) is 16.4 Å². The van der Waals surface area contributed by atoms with E-state index in [9.17, 15) is 26.7 Å². The fourth-order valence-electron chi connectivity index (χ4n) is 2.90. The molecule has 2 aromatic rings. The maximum absolute atomic E-state index is 14.1. The Kier molecular flexibility index (Phi) is 4.63. The molecule has 1 aliphatic carbocycles. The van der Waals surface area contributed by atoms with Gasteiger partial charge in [0.2, 0.25) is 10.0 Å². The third-order valence-corrected chi connectivity index (χ3v) is 5.62. The molecule has 1 atom stereocenters. The number of aliphatic hydroxyl groups excluding tert-OH is 1. The van der Waals surface area contributed by atoms with Gasteiger partial charge in [0, 0.05) is 23.6 Å². The van der Waals surface area contributed by atoms with Crippen LogP contribution in [0, 0.1) is 17.1 Å². The number of sulfonamides is 1. The van der Waals surface area contributed by atoms with Gasteiger partial charge in [-0.3, -0.25) is 0 Å². The second-order valence-corrected chi connectivity index (χ2v) is 7.75. The highest BCUT2D eigenvalue weighted by atomic mass is 32.2. The van der Waals surface area contributed by atoms with E-state index in [1.165, 1.54) is 6.07 Å². The summed E-state index contributed by atoms with van der Waals surface area (Å²) in [6.45, 7) is 0. The monoisotopic (exact) mass is 398 g/mol. The predicted molar refractivity (Wildman–Crippen MR) is 87.5 cm³/mol. The highest BCUT2D eigenvalue weighted by Gasteiger charge is 2.50. The summed E-state index contributed by atoms with van der Waals surface area (Å²) in [5.74, 6) is -4.64. The Labute approximate surface area is 152 Å². The van der Waals surface area contributed by atoms with Gasteiger partial charge in [0.15, 0.2) is 0 Å². The van der Waals surface area contributed by atoms with Crippen molar-refractivity contribution in [2.24, 2.45) is 0 Å². The van der Waals surface area contributed by atoms with Gasteiger partial charge in [0.25, 0.3) is 5.92 Å². The maximum atomic E-state index is 14.1. The van der Waals surface area contributed by atoms with Crippen LogP contribution in [0.25, 0.3) is 0 Å². The van der Waals surface area contributed by atoms with Crippen LogP contribution in [0.2, 0.25) is 0 Å². The van der Waals surface area contributed by atoms with Gasteiger partial charge in [-0.1, -0.05) is 0 Å². The number of alkyl halides is 2. The van der Waals surface area contributed by atoms with E-state index in [4.69, 9.17) is 10.00 Å². The molecule has 2 aromatic carbocycles. The third kappa shape index (κ3) is 3.37. The summed E-state index contributed by atoms with van der Waals surface area (Å²) in [5, 5.41) is 18.9. The molecule has 2 N–H and O–H groups in total. The van der Waals surface area contributed by atoms with Crippen LogP contribution in [0.3, 0.4) is 0 Å². The number of aliphatic hydroxyl groups is 1. The summed E-state index contributed by atoms with van der Waals surface area (Å²) in [6.07, 6.45) is -3.29. The summed E-state index contributed by atoms with van der Waals surface area (Å²) in [5.41, 5.74) is -0.711. The van der Waals surface area contributed by atoms with E-state index in [1.54, 1.807) is 6.07 Å². The van der Waals surface area contributed by atoms with Crippen LogP contribution in [-0.4, -0.2) is 26.5 Å². The van der Waals surface area contributed by atoms with E-state index in [2.05, 4.69) is 0 Å². The highest BCUT2D eigenvalue weighted by Crippen LogP contribution is 2.49. The Morgan fingerprint density at radius 3 is 2.67 bits per heavy atom. The summed E-state index contributed by atoms with van der Waals surface area (Å²) < 4.78 is 73.4. The van der Waals surface area contributed by atoms with Gasteiger partial charge in [-0.15, -0.1) is 0 Å². The highest BCUT2D eigenvalue weighted by molar-refractivity contribution is 7.89. The SMILES string of the molecule is CNS(=O)(=O)c1ccc(Oc2cc(F)cc(C#N)c2)c2c1[C@H](O)C(F)(F)C2. The average molecular weight is 398 g/mol. The van der Waals surface area contributed by atoms with E-state index >= 15 is 0 Å². The fourth-order valence-corrected chi connectivity index (χ4v) is 3.89. The zero-order valence-corrected chi connectivity index (χ0v) is 14.6. The fraction of sp³-hybridized carbons (Fsp3) is 0.235. The standard InChI is InChI=1S/C17H13F3N2O4S/c1-22-27(24,25)14-3-2-13(12-7-17(19,20)16(23)15(12)14)26-11-5-9(8-21)4-10(18)6-11/h2-6,16,22-23H,7H2,1H3/t16-/m0/s1. The molecule has 0 saturated heterocycles. The Morgan fingerprint density at radius 2 is 2.04 bits per heavy atom. The quantitative estimate of drug-likeness (QED) is 0.825. The van der Waals surface area contributed by atoms with E-state index in [1.807, 2.05) is 4.72 Å². The second-order valence-electron chi connectivity index (χ2n) is 5.89. The minimum atomic E-state index is -4.12. The van der Waals surface area contributed by atoms with Crippen molar-refractivity contribution in [2.75, 3.05) is 7.05 Å². The second kappa shape index (κ2) is 6.53. The molecule has 0 amide bonds. The first kappa shape index (κ1) is 19.2. The summed E-state index contributed by atoms with van der Waals surface area (Å²) in [6, 6.07) is 7.03. The van der Waals surface area contributed by atoms with Crippen molar-refractivity contribution in [3.05, 3.63) is 52.8 Å². The van der Waals surface area contributed by atoms with Gasteiger partial charge in [-0.25, -0.2) is 26.3 Å². The summed E-state index contributed by atoms with van der Waals surface area (Å²) in [7, 11) is -3.00. The normalized spacial score (nSPS) is 18.0. The molecule has 0 aliphatic heterocycles. The van der Waals surface area contributed by atoms with E-state index in [-0.39, 0.29) is 22.6 Å². The first-order valence-corrected chi connectivity index (χ1v) is 9.11. The molecule has 6 nitrogen and oxygen atoms in total. The van der Waals surface area contributed by atoms with Gasteiger partial charge in [0.05, 0.1) is 16.5 Å². The molecule has 0 aromatic heterocycles. The minimum absolute atomic E-state index is 0.0404. The molecule has 0 heterocycles. The van der Waals surface area contributed by atoms with Crippen molar-refractivity contribution >= 4 is 10.0 Å². The van der Waals surface area contributed by atoms with Gasteiger partial charge >= 0.3 is 0 Å². The lowest BCUT2D eigenvalue weighted by Gasteiger charge is -2.16. The molecular formula is C17H13F3N2O4S. The van der Waals surface area contributed by atoms with Crippen LogP contribution in [0.1, 0.15) is 22.8 Å². The van der Waals surface area contributed by atoms with E-state index < -0.39 is 44.7 Å². The number of halogens is 3. The van der Waals surface area contributed by atoms with Crippen molar-refractivity contribution in [3.63, 3.8) is 0 Å². The first-order chi connectivity index (χ1) is 12.6. The topological polar surface area (TPSA) is 99.4 Å². The summed E-state index contributed by atoms with van der Waals surface area (Å²) in [4.78, 5) is -0.492. The number of benzene rings is 2. The molecule has 142 valence electrons. The van der Waals surface area contributed by atoms with Crippen LogP contribution < -0.4 is 9.46 Å². The van der Waals surface area contributed by atoms with Crippen LogP contribution in [0.4, 0.5) is 13.2 Å². The molecule has 0 radical (unpaired) electrons. The minimum Gasteiger partial charge on any atom is -0.457 e. The maximum Gasteiger partial charge on any atom is 0.281 e. The molecule has 0 saturated carbocycles. The Hall–Kier alpha value is -2.61. The predicted octanol–water partition coefficient (Wildman–Crippen LogP) is 2.62. The van der Waals surface area contributed by atoms with Gasteiger partial charge in [0.1, 0.15) is 23.4 Å². The molecule has 0 fully saturated rings. The molecule has 1 aliphatic rings. The smallest absolute Gasteiger partial charge is 0.281 e. The number of rotatable bonds is 4. The van der Waals surface area contributed by atoms with Crippen molar-refractivity contribution in [2.45, 2.75) is 23.3 Å². The zero-order chi connectivity index (χ0) is 20.0. The van der Waals surface area contributed by atoms with Crippen molar-refractivity contribution < 1.29 is 31.4 Å². The van der Waals surface area contributed by atoms with Crippen molar-refractivity contribution in [1.29, 1.82) is 5.26 Å². The molecule has 0 bridgehead atoms. The number of fused-ring (bicyclic) bond motifs is 1. The van der Waals surface area contributed by atoms with Crippen LogP contribution in [0.5, 0.6) is 11.5 Å². The number of ether oxygens (including phenoxy) is 1. The zero-order valence-electron chi connectivity index (χ0n) is 13.8. The largest absolute Gasteiger partial charge is 0.457 e. The molecular weight excluding hydrogens is 385 g/mol. The lowest BCUT2D eigenvalue weighted by Crippen LogP contribution is -2.24. The Morgan fingerprint density at radius 1 is 1.33 bits per heavy atom. The molecule has 0 unspecified atom stereocenters. The van der Waals surface area contributed by atoms with E-state index in [0.717, 1.165) is 31.3 Å². The first-order valence-electron chi connectivity index (χ1n) is 7.63. The molecule has 3 rings (SSSR count). The Balaban J connectivity index is 2.15. The number of hydrogen-bond donors (Lipinski definition) is 2. The lowest BCUT2D eigenvalue weighted by molar-refractivity contribution is -0.0976. The van der Waals surface area contributed by atoms with Crippen molar-refractivity contribution in [3.8, 4) is 17.6 Å². The van der Waals surface area contributed by atoms with Crippen LogP contribution in [0.15, 0.2) is 35.2 Å². The average Bonchev–Trinajstić information content (AvgIpc) is 2.85. The lowest BCUT2D eigenvalue weighted by atomic mass is 10.1. The number of hydrogen-bond acceptors (Lipinski definition) is 5. The van der Waals surface area contributed by atoms with Crippen LogP contribution >= 0.6 is 0 Å². The van der Waals surface area contributed by atoms with Gasteiger partial charge in [-0.2, -0.15) is 5.26 Å². The van der Waals surface area contributed by atoms with Gasteiger partial charge < -0.3 is 9.84 Å². The molecule has 0 spiro atoms. The molecule has 27 heavy (non-hydrogen) atoms. The Bertz CT molecular complexity index is 1060. The van der Waals surface area contributed by atoms with Gasteiger partial charge in [-0.05, 0) is 31.3 Å². The molecule has 10 heteroatoms. The van der Waals surface area contributed by atoms with E-state index in [0.29, 0.717) is 0 Å². The summed E-state index contributed by atoms with van der Waals surface area (Å²) >= 11 is 0. The van der Waals surface area contributed by atoms with Crippen molar-refractivity contribution in [1.82, 2.24) is 4.72 Å². The number of nitrogens with zero attached hydrogens (tertiary/aromatic N) is 1.